The number of methoxy groups -OCH3 is 1. The molecule has 4 heteroatoms. The van der Waals surface area contributed by atoms with Gasteiger partial charge in [-0.25, -0.2) is 0 Å². The van der Waals surface area contributed by atoms with Crippen molar-refractivity contribution in [3.63, 3.8) is 0 Å². The van der Waals surface area contributed by atoms with Crippen LogP contribution in [-0.4, -0.2) is 18.2 Å². The fourth-order valence-corrected chi connectivity index (χ4v) is 2.31. The van der Waals surface area contributed by atoms with E-state index in [0.717, 1.165) is 24.8 Å². The van der Waals surface area contributed by atoms with Crippen LogP contribution in [0.4, 0.5) is 0 Å². The van der Waals surface area contributed by atoms with Crippen LogP contribution >= 0.6 is 0 Å². The van der Waals surface area contributed by atoms with Gasteiger partial charge in [-0.3, -0.25) is 4.79 Å². The summed E-state index contributed by atoms with van der Waals surface area (Å²) < 4.78 is 10.3. The molecule has 0 spiro atoms. The van der Waals surface area contributed by atoms with E-state index in [4.69, 9.17) is 9.47 Å². The Hall–Kier alpha value is -1.97. The molecular formula is C19H28O4. The molecule has 4 nitrogen and oxygen atoms in total. The molecule has 0 aromatic heterocycles. The molecule has 1 N–H and O–H groups in total. The number of phenolic OH excluding ortho intramolecular Hbond substituents is 1. The van der Waals surface area contributed by atoms with Crippen LogP contribution in [0, 0.1) is 0 Å². The first-order chi connectivity index (χ1) is 11.2. The first kappa shape index (κ1) is 19.1. The van der Waals surface area contributed by atoms with Crippen molar-refractivity contribution in [1.29, 1.82) is 0 Å². The van der Waals surface area contributed by atoms with Crippen molar-refractivity contribution in [2.75, 3.05) is 7.11 Å². The second-order valence-corrected chi connectivity index (χ2v) is 5.62. The molecule has 0 atom stereocenters. The highest BCUT2D eigenvalue weighted by molar-refractivity contribution is 5.69. The van der Waals surface area contributed by atoms with Crippen LogP contribution in [0.2, 0.25) is 0 Å². The minimum atomic E-state index is -0.177. The Kier molecular flexibility index (Phi) is 9.60. The molecule has 0 saturated heterocycles. The average molecular weight is 320 g/mol. The van der Waals surface area contributed by atoms with Gasteiger partial charge in [0.1, 0.15) is 6.61 Å². The van der Waals surface area contributed by atoms with Crippen LogP contribution in [0.25, 0.3) is 0 Å². The number of hydrogen-bond donors (Lipinski definition) is 1. The van der Waals surface area contributed by atoms with E-state index in [1.165, 1.54) is 38.9 Å². The lowest BCUT2D eigenvalue weighted by Crippen LogP contribution is -2.04. The predicted molar refractivity (Wildman–Crippen MR) is 91.6 cm³/mol. The Morgan fingerprint density at radius 2 is 1.87 bits per heavy atom. The minimum Gasteiger partial charge on any atom is -0.504 e. The lowest BCUT2D eigenvalue weighted by molar-refractivity contribution is -0.145. The summed E-state index contributed by atoms with van der Waals surface area (Å²) in [7, 11) is 1.49. The van der Waals surface area contributed by atoms with Crippen LogP contribution in [0.3, 0.4) is 0 Å². The van der Waals surface area contributed by atoms with Gasteiger partial charge in [0, 0.05) is 6.42 Å². The van der Waals surface area contributed by atoms with Gasteiger partial charge in [0.15, 0.2) is 11.5 Å². The van der Waals surface area contributed by atoms with Crippen LogP contribution in [0.5, 0.6) is 11.5 Å². The average Bonchev–Trinajstić information content (AvgIpc) is 2.56. The van der Waals surface area contributed by atoms with Crippen molar-refractivity contribution in [3.8, 4) is 11.5 Å². The minimum absolute atomic E-state index is 0.0793. The zero-order valence-electron chi connectivity index (χ0n) is 14.1. The van der Waals surface area contributed by atoms with Crippen LogP contribution in [0.1, 0.15) is 56.9 Å². The summed E-state index contributed by atoms with van der Waals surface area (Å²) in [4.78, 5) is 11.7. The van der Waals surface area contributed by atoms with E-state index in [2.05, 4.69) is 6.58 Å². The van der Waals surface area contributed by atoms with Crippen molar-refractivity contribution in [2.24, 2.45) is 0 Å². The summed E-state index contributed by atoms with van der Waals surface area (Å²) in [6, 6.07) is 4.93. The number of phenols is 1. The third kappa shape index (κ3) is 8.29. The van der Waals surface area contributed by atoms with Crippen molar-refractivity contribution in [2.45, 2.75) is 58.0 Å². The largest absolute Gasteiger partial charge is 0.504 e. The molecule has 23 heavy (non-hydrogen) atoms. The van der Waals surface area contributed by atoms with Gasteiger partial charge >= 0.3 is 5.97 Å². The summed E-state index contributed by atoms with van der Waals surface area (Å²) >= 11 is 0. The molecule has 0 heterocycles. The highest BCUT2D eigenvalue weighted by Crippen LogP contribution is 2.26. The molecule has 0 unspecified atom stereocenters. The zero-order chi connectivity index (χ0) is 16.9. The fourth-order valence-electron chi connectivity index (χ4n) is 2.31. The third-order valence-electron chi connectivity index (χ3n) is 3.68. The van der Waals surface area contributed by atoms with Gasteiger partial charge in [0.2, 0.25) is 0 Å². The van der Waals surface area contributed by atoms with Gasteiger partial charge in [0.05, 0.1) is 7.11 Å². The first-order valence-electron chi connectivity index (χ1n) is 8.29. The monoisotopic (exact) mass is 320 g/mol. The molecule has 1 rings (SSSR count). The smallest absolute Gasteiger partial charge is 0.306 e. The number of hydrogen-bond acceptors (Lipinski definition) is 4. The van der Waals surface area contributed by atoms with Gasteiger partial charge in [-0.05, 0) is 37.0 Å². The first-order valence-corrected chi connectivity index (χ1v) is 8.29. The normalized spacial score (nSPS) is 10.3. The molecular weight excluding hydrogens is 292 g/mol. The lowest BCUT2D eigenvalue weighted by atomic mass is 10.1. The summed E-state index contributed by atoms with van der Waals surface area (Å²) in [5.41, 5.74) is 0.801. The molecule has 0 saturated carbocycles. The molecule has 0 amide bonds. The van der Waals surface area contributed by atoms with Crippen LogP contribution in [0.15, 0.2) is 30.9 Å². The van der Waals surface area contributed by atoms with Gasteiger partial charge in [0.25, 0.3) is 0 Å². The maximum Gasteiger partial charge on any atom is 0.306 e. The number of rotatable bonds is 12. The lowest BCUT2D eigenvalue weighted by Gasteiger charge is -2.08. The van der Waals surface area contributed by atoms with E-state index in [-0.39, 0.29) is 18.3 Å². The molecule has 0 fully saturated rings. The molecule has 0 aliphatic carbocycles. The van der Waals surface area contributed by atoms with Crippen LogP contribution in [-0.2, 0) is 16.1 Å². The number of carbonyl (C=O) groups excluding carboxylic acids is 1. The van der Waals surface area contributed by atoms with Crippen molar-refractivity contribution < 1.29 is 19.4 Å². The standard InChI is InChI=1S/C19H28O4/c1-3-4-5-6-7-8-9-10-11-19(21)23-15-16-12-13-17(20)18(14-16)22-2/h3,12-14,20H,1,4-11,15H2,2H3. The molecule has 0 aliphatic heterocycles. The van der Waals surface area contributed by atoms with Crippen molar-refractivity contribution in [3.05, 3.63) is 36.4 Å². The zero-order valence-corrected chi connectivity index (χ0v) is 14.1. The Labute approximate surface area is 139 Å². The second-order valence-electron chi connectivity index (χ2n) is 5.62. The highest BCUT2D eigenvalue weighted by Gasteiger charge is 2.06. The number of ether oxygens (including phenoxy) is 2. The van der Waals surface area contributed by atoms with E-state index in [1.54, 1.807) is 12.1 Å². The fraction of sp³-hybridized carbons (Fsp3) is 0.526. The molecule has 0 bridgehead atoms. The van der Waals surface area contributed by atoms with Gasteiger partial charge in [-0.15, -0.1) is 6.58 Å². The topological polar surface area (TPSA) is 55.8 Å². The van der Waals surface area contributed by atoms with Crippen LogP contribution < -0.4 is 4.74 Å². The van der Waals surface area contributed by atoms with Gasteiger partial charge in [-0.1, -0.05) is 37.8 Å². The van der Waals surface area contributed by atoms with Gasteiger partial charge < -0.3 is 14.6 Å². The molecule has 128 valence electrons. The van der Waals surface area contributed by atoms with E-state index in [1.807, 2.05) is 6.08 Å². The summed E-state index contributed by atoms with van der Waals surface area (Å²) in [6.07, 6.45) is 10.3. The van der Waals surface area contributed by atoms with E-state index in [9.17, 15) is 9.90 Å². The summed E-state index contributed by atoms with van der Waals surface area (Å²) in [5.74, 6) is 0.286. The predicted octanol–water partition coefficient (Wildman–Crippen LogP) is 4.75. The molecule has 0 radical (unpaired) electrons. The van der Waals surface area contributed by atoms with Crippen molar-refractivity contribution >= 4 is 5.97 Å². The second kappa shape index (κ2) is 11.6. The summed E-state index contributed by atoms with van der Waals surface area (Å²) in [6.45, 7) is 3.92. The Morgan fingerprint density at radius 3 is 2.57 bits per heavy atom. The maximum absolute atomic E-state index is 11.7. The Bertz CT molecular complexity index is 482. The van der Waals surface area contributed by atoms with E-state index >= 15 is 0 Å². The Balaban J connectivity index is 2.11. The third-order valence-corrected chi connectivity index (χ3v) is 3.68. The number of benzene rings is 1. The maximum atomic E-state index is 11.7. The number of aromatic hydroxyl groups is 1. The summed E-state index contributed by atoms with van der Waals surface area (Å²) in [5, 5.41) is 9.51. The van der Waals surface area contributed by atoms with Gasteiger partial charge in [-0.2, -0.15) is 0 Å². The molecule has 1 aromatic rings. The van der Waals surface area contributed by atoms with Crippen molar-refractivity contribution in [1.82, 2.24) is 0 Å². The number of carbonyl (C=O) groups is 1. The Morgan fingerprint density at radius 1 is 1.17 bits per heavy atom. The number of esters is 1. The SMILES string of the molecule is C=CCCCCCCCCC(=O)OCc1ccc(O)c(OC)c1. The number of allylic oxidation sites excluding steroid dienone is 1. The molecule has 1 aromatic carbocycles. The molecule has 0 aliphatic rings. The number of unbranched alkanes of at least 4 members (excludes halogenated alkanes) is 6. The highest BCUT2D eigenvalue weighted by atomic mass is 16.5. The van der Waals surface area contributed by atoms with E-state index in [0.29, 0.717) is 12.2 Å². The van der Waals surface area contributed by atoms with E-state index < -0.39 is 0 Å². The quantitative estimate of drug-likeness (QED) is 0.343.